The third-order valence-corrected chi connectivity index (χ3v) is 4.68. The van der Waals surface area contributed by atoms with Crippen molar-refractivity contribution in [3.63, 3.8) is 0 Å². The number of rotatable bonds is 2. The van der Waals surface area contributed by atoms with Crippen LogP contribution in [0.4, 0.5) is 0 Å². The zero-order valence-corrected chi connectivity index (χ0v) is 12.9. The summed E-state index contributed by atoms with van der Waals surface area (Å²) in [6, 6.07) is 15.5. The van der Waals surface area contributed by atoms with E-state index in [4.69, 9.17) is 0 Å². The van der Waals surface area contributed by atoms with Gasteiger partial charge in [-0.25, -0.2) is 5.01 Å². The van der Waals surface area contributed by atoms with Crippen molar-refractivity contribution in [3.8, 4) is 6.07 Å². The van der Waals surface area contributed by atoms with E-state index in [-0.39, 0.29) is 17.4 Å². The summed E-state index contributed by atoms with van der Waals surface area (Å²) in [5.74, 6) is -0.128. The van der Waals surface area contributed by atoms with Crippen LogP contribution in [0.25, 0.3) is 5.70 Å². The molecule has 4 nitrogen and oxygen atoms in total. The van der Waals surface area contributed by atoms with Crippen LogP contribution in [0, 0.1) is 11.3 Å². The van der Waals surface area contributed by atoms with E-state index in [0.717, 1.165) is 10.4 Å². The maximum atomic E-state index is 12.5. The van der Waals surface area contributed by atoms with Gasteiger partial charge in [-0.15, -0.1) is 11.3 Å². The van der Waals surface area contributed by atoms with Crippen LogP contribution in [-0.2, 0) is 4.79 Å². The number of Topliss-reactive ketones (excluding diaryl/α,β-unsaturated/α-hetero) is 1. The molecule has 1 aliphatic rings. The van der Waals surface area contributed by atoms with E-state index < -0.39 is 0 Å². The van der Waals surface area contributed by atoms with Crippen molar-refractivity contribution in [2.45, 2.75) is 12.5 Å². The molecule has 0 bridgehead atoms. The van der Waals surface area contributed by atoms with Crippen molar-refractivity contribution in [2.75, 3.05) is 7.05 Å². The van der Waals surface area contributed by atoms with Gasteiger partial charge in [0.15, 0.2) is 5.78 Å². The maximum Gasteiger partial charge on any atom is 0.177 e. The van der Waals surface area contributed by atoms with Crippen LogP contribution in [0.15, 0.2) is 53.4 Å². The molecule has 1 N–H and O–H groups in total. The fraction of sp³-hybridized carbons (Fsp3) is 0.176. The van der Waals surface area contributed by atoms with E-state index in [0.29, 0.717) is 12.1 Å². The van der Waals surface area contributed by atoms with Gasteiger partial charge in [0.2, 0.25) is 0 Å². The van der Waals surface area contributed by atoms with Gasteiger partial charge >= 0.3 is 0 Å². The number of hydrogen-bond donors (Lipinski definition) is 1. The second-order valence-electron chi connectivity index (χ2n) is 5.11. The zero-order valence-electron chi connectivity index (χ0n) is 12.1. The van der Waals surface area contributed by atoms with Gasteiger partial charge in [0.1, 0.15) is 11.6 Å². The Morgan fingerprint density at radius 3 is 2.68 bits per heavy atom. The minimum atomic E-state index is -0.128. The number of carbonyl (C=O) groups excluding carboxylic acids is 1. The Labute approximate surface area is 133 Å². The quantitative estimate of drug-likeness (QED) is 0.926. The lowest BCUT2D eigenvalue weighted by Gasteiger charge is -2.26. The van der Waals surface area contributed by atoms with Gasteiger partial charge in [-0.3, -0.25) is 4.79 Å². The molecule has 0 saturated carbocycles. The van der Waals surface area contributed by atoms with Gasteiger partial charge in [-0.05, 0) is 11.4 Å². The molecule has 0 spiro atoms. The minimum Gasteiger partial charge on any atom is -0.316 e. The molecule has 0 radical (unpaired) electrons. The molecule has 5 heteroatoms. The highest BCUT2D eigenvalue weighted by Crippen LogP contribution is 2.32. The molecule has 1 aromatic heterocycles. The first-order valence-electron chi connectivity index (χ1n) is 6.96. The highest BCUT2D eigenvalue weighted by Gasteiger charge is 2.30. The Balaban J connectivity index is 2.03. The van der Waals surface area contributed by atoms with Gasteiger partial charge in [-0.1, -0.05) is 36.4 Å². The van der Waals surface area contributed by atoms with Gasteiger partial charge < -0.3 is 5.43 Å². The van der Waals surface area contributed by atoms with Crippen molar-refractivity contribution < 1.29 is 4.79 Å². The largest absolute Gasteiger partial charge is 0.316 e. The monoisotopic (exact) mass is 309 g/mol. The van der Waals surface area contributed by atoms with E-state index in [9.17, 15) is 10.1 Å². The second-order valence-corrected chi connectivity index (χ2v) is 6.09. The van der Waals surface area contributed by atoms with E-state index in [1.165, 1.54) is 0 Å². The molecular weight excluding hydrogens is 294 g/mol. The number of nitrogens with one attached hydrogen (secondary N) is 1. The van der Waals surface area contributed by atoms with Crippen LogP contribution >= 0.6 is 11.3 Å². The van der Waals surface area contributed by atoms with Gasteiger partial charge in [0.25, 0.3) is 0 Å². The Kier molecular flexibility index (Phi) is 4.05. The molecule has 0 unspecified atom stereocenters. The lowest BCUT2D eigenvalue weighted by molar-refractivity contribution is -0.116. The number of thiophene rings is 1. The summed E-state index contributed by atoms with van der Waals surface area (Å²) >= 11 is 1.62. The van der Waals surface area contributed by atoms with Crippen LogP contribution < -0.4 is 5.43 Å². The fourth-order valence-electron chi connectivity index (χ4n) is 2.57. The number of carbonyl (C=O) groups is 1. The minimum absolute atomic E-state index is 0.0722. The first kappa shape index (κ1) is 14.5. The van der Waals surface area contributed by atoms with E-state index in [1.807, 2.05) is 59.9 Å². The Morgan fingerprint density at radius 1 is 1.27 bits per heavy atom. The molecule has 2 aromatic rings. The average Bonchev–Trinajstić information content (AvgIpc) is 3.03. The number of nitrogens with zero attached hydrogens (tertiary/aromatic N) is 2. The van der Waals surface area contributed by atoms with Gasteiger partial charge in [0.05, 0.1) is 11.7 Å². The first-order valence-corrected chi connectivity index (χ1v) is 7.84. The Bertz CT molecular complexity index is 744. The summed E-state index contributed by atoms with van der Waals surface area (Å²) in [5, 5.41) is 13.3. The van der Waals surface area contributed by atoms with Crippen LogP contribution in [0.5, 0.6) is 0 Å². The molecule has 1 aliphatic heterocycles. The molecule has 3 rings (SSSR count). The topological polar surface area (TPSA) is 56.1 Å². The van der Waals surface area contributed by atoms with Crippen molar-refractivity contribution in [1.82, 2.24) is 10.4 Å². The number of nitriles is 1. The highest BCUT2D eigenvalue weighted by molar-refractivity contribution is 7.10. The molecule has 0 amide bonds. The third kappa shape index (κ3) is 2.67. The lowest BCUT2D eigenvalue weighted by Crippen LogP contribution is -2.35. The average molecular weight is 309 g/mol. The molecule has 0 aliphatic carbocycles. The summed E-state index contributed by atoms with van der Waals surface area (Å²) in [7, 11) is 1.90. The van der Waals surface area contributed by atoms with Crippen LogP contribution in [0.1, 0.15) is 22.9 Å². The number of ketones is 1. The van der Waals surface area contributed by atoms with Crippen LogP contribution in [-0.4, -0.2) is 17.8 Å². The smallest absolute Gasteiger partial charge is 0.177 e. The van der Waals surface area contributed by atoms with Gasteiger partial charge in [-0.2, -0.15) is 5.26 Å². The summed E-state index contributed by atoms with van der Waals surface area (Å²) < 4.78 is 0. The molecular formula is C17H15N3OS. The summed E-state index contributed by atoms with van der Waals surface area (Å²) in [6.07, 6.45) is 0.295. The second kappa shape index (κ2) is 6.14. The van der Waals surface area contributed by atoms with Crippen LogP contribution in [0.2, 0.25) is 0 Å². The summed E-state index contributed by atoms with van der Waals surface area (Å²) in [5.41, 5.74) is 4.85. The fourth-order valence-corrected chi connectivity index (χ4v) is 3.44. The number of benzene rings is 1. The van der Waals surface area contributed by atoms with Crippen LogP contribution in [0.3, 0.4) is 0 Å². The van der Waals surface area contributed by atoms with Crippen molar-refractivity contribution in [1.29, 1.82) is 5.26 Å². The molecule has 1 atom stereocenters. The van der Waals surface area contributed by atoms with Crippen molar-refractivity contribution in [2.24, 2.45) is 0 Å². The Hall–Kier alpha value is -2.42. The predicted molar refractivity (Wildman–Crippen MR) is 86.6 cm³/mol. The molecule has 1 aromatic carbocycles. The molecule has 0 saturated heterocycles. The molecule has 22 heavy (non-hydrogen) atoms. The van der Waals surface area contributed by atoms with E-state index in [2.05, 4.69) is 11.5 Å². The summed E-state index contributed by atoms with van der Waals surface area (Å²) in [6.45, 7) is 0. The molecule has 110 valence electrons. The lowest BCUT2D eigenvalue weighted by atomic mass is 10.0. The zero-order chi connectivity index (χ0) is 15.5. The highest BCUT2D eigenvalue weighted by atomic mass is 32.1. The number of allylic oxidation sites excluding steroid dienone is 1. The van der Waals surface area contributed by atoms with Gasteiger partial charge in [0, 0.05) is 23.9 Å². The Morgan fingerprint density at radius 2 is 2.05 bits per heavy atom. The molecule has 2 heterocycles. The van der Waals surface area contributed by atoms with Crippen molar-refractivity contribution >= 4 is 22.8 Å². The SMILES string of the molecule is CN1NC(c2ccccc2)=C(C#N)C(=O)C[C@@H]1c1cccs1. The standard InChI is InChI=1S/C17H15N3OS/c1-20-14(16-8-5-9-22-16)10-15(21)13(11-18)17(19-20)12-6-3-2-4-7-12/h2-9,14,19H,10H2,1H3/t14-/m1/s1. The van der Waals surface area contributed by atoms with Crippen molar-refractivity contribution in [3.05, 3.63) is 63.9 Å². The predicted octanol–water partition coefficient (Wildman–Crippen LogP) is 3.13. The number of hydrazine groups is 1. The molecule has 0 fully saturated rings. The maximum absolute atomic E-state index is 12.5. The van der Waals surface area contributed by atoms with E-state index >= 15 is 0 Å². The number of hydrogen-bond acceptors (Lipinski definition) is 5. The summed E-state index contributed by atoms with van der Waals surface area (Å²) in [4.78, 5) is 13.6. The van der Waals surface area contributed by atoms with E-state index in [1.54, 1.807) is 11.3 Å². The normalized spacial score (nSPS) is 19.5. The third-order valence-electron chi connectivity index (χ3n) is 3.71. The first-order chi connectivity index (χ1) is 10.7.